The van der Waals surface area contributed by atoms with Crippen LogP contribution in [-0.4, -0.2) is 36.4 Å². The Morgan fingerprint density at radius 2 is 2.04 bits per heavy atom. The molecule has 0 radical (unpaired) electrons. The molecule has 3 rings (SSSR count). The Hall–Kier alpha value is -2.37. The van der Waals surface area contributed by atoms with Crippen molar-refractivity contribution >= 4 is 32.8 Å². The topological polar surface area (TPSA) is 108 Å². The van der Waals surface area contributed by atoms with Crippen LogP contribution in [0, 0.1) is 11.3 Å². The molecule has 0 amide bonds. The lowest BCUT2D eigenvalue weighted by Gasteiger charge is -2.16. The molecule has 9 heteroatoms. The lowest BCUT2D eigenvalue weighted by Crippen LogP contribution is -2.16. The van der Waals surface area contributed by atoms with Gasteiger partial charge >= 0.3 is 0 Å². The van der Waals surface area contributed by atoms with E-state index in [9.17, 15) is 19.4 Å². The van der Waals surface area contributed by atoms with E-state index >= 15 is 0 Å². The second-order valence-electron chi connectivity index (χ2n) is 6.10. The number of aromatic nitrogens is 2. The van der Waals surface area contributed by atoms with Gasteiger partial charge in [0.05, 0.1) is 26.5 Å². The van der Waals surface area contributed by atoms with Gasteiger partial charge in [0.1, 0.15) is 17.3 Å². The average molecular weight is 393 g/mol. The van der Waals surface area contributed by atoms with Crippen molar-refractivity contribution in [1.82, 2.24) is 9.78 Å². The minimum absolute atomic E-state index is 0.00749. The van der Waals surface area contributed by atoms with Gasteiger partial charge in [0.15, 0.2) is 0 Å². The maximum absolute atomic E-state index is 12.9. The molecule has 2 aromatic rings. The van der Waals surface area contributed by atoms with E-state index in [0.29, 0.717) is 11.5 Å². The zero-order chi connectivity index (χ0) is 18.9. The van der Waals surface area contributed by atoms with Crippen molar-refractivity contribution in [2.75, 3.05) is 11.5 Å². The summed E-state index contributed by atoms with van der Waals surface area (Å²) in [6.07, 6.45) is 3.86. The molecule has 0 spiro atoms. The van der Waals surface area contributed by atoms with Gasteiger partial charge < -0.3 is 5.11 Å². The van der Waals surface area contributed by atoms with E-state index in [1.165, 1.54) is 25.4 Å². The summed E-state index contributed by atoms with van der Waals surface area (Å²) in [6, 6.07) is 4.82. The van der Waals surface area contributed by atoms with Crippen LogP contribution in [0.5, 0.6) is 5.88 Å². The highest BCUT2D eigenvalue weighted by Crippen LogP contribution is 2.36. The average Bonchev–Trinajstić information content (AvgIpc) is 2.96. The van der Waals surface area contributed by atoms with Crippen LogP contribution in [0.4, 0.5) is 5.69 Å². The van der Waals surface area contributed by atoms with Crippen LogP contribution in [0.25, 0.3) is 0 Å². The molecular weight excluding hydrogens is 376 g/mol. The van der Waals surface area contributed by atoms with Crippen molar-refractivity contribution in [3.63, 3.8) is 0 Å². The highest BCUT2D eigenvalue weighted by Gasteiger charge is 2.24. The predicted molar refractivity (Wildman–Crippen MR) is 98.3 cm³/mol. The highest BCUT2D eigenvalue weighted by molar-refractivity contribution is 7.93. The van der Waals surface area contributed by atoms with Crippen LogP contribution in [0.1, 0.15) is 40.7 Å². The molecule has 0 aliphatic carbocycles. The summed E-state index contributed by atoms with van der Waals surface area (Å²) in [4.78, 5) is 12.7. The third-order valence-electron chi connectivity index (χ3n) is 4.32. The molecule has 0 unspecified atom stereocenters. The van der Waals surface area contributed by atoms with Crippen LogP contribution in [0.15, 0.2) is 22.7 Å². The summed E-state index contributed by atoms with van der Waals surface area (Å²) < 4.78 is 18.4. The largest absolute Gasteiger partial charge is 0.493 e. The van der Waals surface area contributed by atoms with Gasteiger partial charge in [-0.2, -0.15) is 14.7 Å². The maximum Gasteiger partial charge on any atom is 0.220 e. The zero-order valence-electron chi connectivity index (χ0n) is 14.1. The standard InChI is InChI=1S/C17H17ClN4O3S/c1-22-17(24)13(10-20-22)16(23)12-6-5-11(9-19)15(14(12)18)21-26(25)7-3-2-4-8-26/h5-6,10,24H,2-4,7-8H2,1H3. The smallest absolute Gasteiger partial charge is 0.220 e. The number of aryl methyl sites for hydroxylation is 1. The van der Waals surface area contributed by atoms with Crippen molar-refractivity contribution in [1.29, 1.82) is 5.26 Å². The number of hydrogen-bond acceptors (Lipinski definition) is 6. The molecule has 1 aliphatic heterocycles. The van der Waals surface area contributed by atoms with Crippen LogP contribution in [0.3, 0.4) is 0 Å². The van der Waals surface area contributed by atoms with Gasteiger partial charge in [0.25, 0.3) is 0 Å². The van der Waals surface area contributed by atoms with Gasteiger partial charge in [-0.3, -0.25) is 4.79 Å². The molecule has 0 bridgehead atoms. The number of nitriles is 1. The number of ketones is 1. The molecule has 1 saturated heterocycles. The highest BCUT2D eigenvalue weighted by atomic mass is 35.5. The zero-order valence-corrected chi connectivity index (χ0v) is 15.7. The van der Waals surface area contributed by atoms with E-state index in [0.717, 1.165) is 23.9 Å². The predicted octanol–water partition coefficient (Wildman–Crippen LogP) is 3.17. The Balaban J connectivity index is 2.14. The van der Waals surface area contributed by atoms with Crippen molar-refractivity contribution in [2.24, 2.45) is 11.4 Å². The lowest BCUT2D eigenvalue weighted by atomic mass is 10.0. The summed E-state index contributed by atoms with van der Waals surface area (Å²) in [5.41, 5.74) is 0.309. The molecular formula is C17H17ClN4O3S. The first-order valence-electron chi connectivity index (χ1n) is 8.07. The van der Waals surface area contributed by atoms with Crippen LogP contribution >= 0.6 is 11.6 Å². The summed E-state index contributed by atoms with van der Waals surface area (Å²) in [7, 11) is -0.996. The fourth-order valence-corrected chi connectivity index (χ4v) is 5.41. The number of aromatic hydroxyl groups is 1. The van der Waals surface area contributed by atoms with E-state index in [2.05, 4.69) is 9.46 Å². The number of nitrogens with zero attached hydrogens (tertiary/aromatic N) is 4. The first kappa shape index (κ1) is 18.4. The summed E-state index contributed by atoms with van der Waals surface area (Å²) in [5, 5.41) is 23.1. The Morgan fingerprint density at radius 3 is 2.62 bits per heavy atom. The van der Waals surface area contributed by atoms with Gasteiger partial charge in [-0.1, -0.05) is 18.0 Å². The van der Waals surface area contributed by atoms with Gasteiger partial charge in [0, 0.05) is 24.1 Å². The summed E-state index contributed by atoms with van der Waals surface area (Å²) >= 11 is 6.38. The number of halogens is 1. The molecule has 1 aliphatic rings. The van der Waals surface area contributed by atoms with Crippen LogP contribution in [-0.2, 0) is 16.8 Å². The number of rotatable bonds is 3. The lowest BCUT2D eigenvalue weighted by molar-refractivity contribution is 0.103. The van der Waals surface area contributed by atoms with E-state index in [4.69, 9.17) is 11.6 Å². The Kier molecular flexibility index (Phi) is 5.03. The van der Waals surface area contributed by atoms with E-state index < -0.39 is 15.5 Å². The first-order valence-corrected chi connectivity index (χ1v) is 10.3. The Morgan fingerprint density at radius 1 is 1.35 bits per heavy atom. The molecule has 1 N–H and O–H groups in total. The van der Waals surface area contributed by atoms with Crippen LogP contribution < -0.4 is 0 Å². The van der Waals surface area contributed by atoms with E-state index in [-0.39, 0.29) is 33.3 Å². The molecule has 136 valence electrons. The summed E-state index contributed by atoms with van der Waals surface area (Å²) in [6.45, 7) is 0. The SMILES string of the molecule is Cn1ncc(C(=O)c2ccc(C#N)c(N=S3(=O)CCCCC3)c2Cl)c1O. The number of benzene rings is 1. The van der Waals surface area contributed by atoms with Crippen molar-refractivity contribution < 1.29 is 14.1 Å². The first-order chi connectivity index (χ1) is 12.4. The van der Waals surface area contributed by atoms with Crippen molar-refractivity contribution in [2.45, 2.75) is 19.3 Å². The monoisotopic (exact) mass is 392 g/mol. The Labute approximate surface area is 156 Å². The summed E-state index contributed by atoms with van der Waals surface area (Å²) in [5.74, 6) is 0.0816. The van der Waals surface area contributed by atoms with Crippen molar-refractivity contribution in [3.05, 3.63) is 40.0 Å². The molecule has 1 aromatic carbocycles. The van der Waals surface area contributed by atoms with Gasteiger partial charge in [-0.05, 0) is 25.0 Å². The third-order valence-corrected chi connectivity index (χ3v) is 7.07. The molecule has 0 saturated carbocycles. The molecule has 7 nitrogen and oxygen atoms in total. The Bertz CT molecular complexity index is 1030. The maximum atomic E-state index is 12.9. The molecule has 1 fully saturated rings. The molecule has 2 heterocycles. The second kappa shape index (κ2) is 7.09. The van der Waals surface area contributed by atoms with Crippen LogP contribution in [0.2, 0.25) is 5.02 Å². The van der Waals surface area contributed by atoms with Crippen molar-refractivity contribution in [3.8, 4) is 11.9 Å². The van der Waals surface area contributed by atoms with Gasteiger partial charge in [0.2, 0.25) is 11.7 Å². The molecule has 1 aromatic heterocycles. The van der Waals surface area contributed by atoms with E-state index in [1.807, 2.05) is 6.07 Å². The molecule has 26 heavy (non-hydrogen) atoms. The van der Waals surface area contributed by atoms with E-state index in [1.54, 1.807) is 0 Å². The third kappa shape index (κ3) is 3.32. The minimum Gasteiger partial charge on any atom is -0.493 e. The fraction of sp³-hybridized carbons (Fsp3) is 0.353. The quantitative estimate of drug-likeness (QED) is 0.807. The van der Waals surface area contributed by atoms with Gasteiger partial charge in [-0.25, -0.2) is 8.89 Å². The second-order valence-corrected chi connectivity index (χ2v) is 9.02. The number of carbonyl (C=O) groups is 1. The normalized spacial score (nSPS) is 16.0. The number of carbonyl (C=O) groups excluding carboxylic acids is 1. The fourth-order valence-electron chi connectivity index (χ4n) is 2.85. The minimum atomic E-state index is -2.50. The van der Waals surface area contributed by atoms with Gasteiger partial charge in [-0.15, -0.1) is 0 Å². The number of hydrogen-bond donors (Lipinski definition) is 1. The molecule has 0 atom stereocenters.